The molecule has 0 bridgehead atoms. The minimum Gasteiger partial charge on any atom is -0.303 e. The number of para-hydroxylation sites is 1. The Balaban J connectivity index is 1.60. The van der Waals surface area contributed by atoms with Crippen molar-refractivity contribution >= 4 is 22.9 Å². The Hall–Kier alpha value is -5.06. The number of non-ortho nitro benzene ring substituents is 1. The van der Waals surface area contributed by atoms with Gasteiger partial charge in [0.05, 0.1) is 17.2 Å². The first-order chi connectivity index (χ1) is 18.2. The zero-order valence-electron chi connectivity index (χ0n) is 19.5. The fourth-order valence-electron chi connectivity index (χ4n) is 3.98. The van der Waals surface area contributed by atoms with Crippen molar-refractivity contribution in [1.82, 2.24) is 14.6 Å². The van der Waals surface area contributed by atoms with E-state index in [2.05, 4.69) is 10.1 Å². The van der Waals surface area contributed by atoms with Crippen molar-refractivity contribution in [2.45, 2.75) is 12.7 Å². The largest absolute Gasteiger partial charge is 0.433 e. The average Bonchev–Trinajstić information content (AvgIpc) is 3.35. The van der Waals surface area contributed by atoms with E-state index in [9.17, 15) is 28.1 Å². The van der Waals surface area contributed by atoms with Crippen LogP contribution in [0.3, 0.4) is 0 Å². The normalized spacial score (nSPS) is 11.4. The molecule has 0 spiro atoms. The number of hydrogen-bond donors (Lipinski definition) is 0. The summed E-state index contributed by atoms with van der Waals surface area (Å²) in [5.41, 5.74) is -0.202. The fourth-order valence-corrected chi connectivity index (χ4v) is 3.98. The van der Waals surface area contributed by atoms with Gasteiger partial charge in [0, 0.05) is 29.4 Å². The summed E-state index contributed by atoms with van der Waals surface area (Å²) in [5, 5.41) is 14.9. The van der Waals surface area contributed by atoms with Crippen molar-refractivity contribution in [2.75, 3.05) is 4.90 Å². The molecule has 8 nitrogen and oxygen atoms in total. The number of halogens is 3. The van der Waals surface area contributed by atoms with Crippen LogP contribution in [0.2, 0.25) is 0 Å². The SMILES string of the molecule is O=C(c1cc2nc(-c3ccc([N+](=O)[O-])cc3)cc(C(F)(F)F)n2n1)N(Cc1ccccc1)c1ccccc1. The third-order valence-corrected chi connectivity index (χ3v) is 5.81. The van der Waals surface area contributed by atoms with Crippen LogP contribution >= 0.6 is 0 Å². The quantitative estimate of drug-likeness (QED) is 0.198. The lowest BCUT2D eigenvalue weighted by molar-refractivity contribution is -0.384. The molecular formula is C27H18F3N5O3. The van der Waals surface area contributed by atoms with Crippen LogP contribution in [0.25, 0.3) is 16.9 Å². The van der Waals surface area contributed by atoms with Crippen LogP contribution in [0.15, 0.2) is 97.1 Å². The lowest BCUT2D eigenvalue weighted by Gasteiger charge is -2.22. The van der Waals surface area contributed by atoms with E-state index in [1.807, 2.05) is 30.3 Å². The molecule has 0 aliphatic carbocycles. The van der Waals surface area contributed by atoms with Crippen molar-refractivity contribution in [3.8, 4) is 11.3 Å². The van der Waals surface area contributed by atoms with Crippen LogP contribution in [0, 0.1) is 10.1 Å². The zero-order chi connectivity index (χ0) is 26.9. The monoisotopic (exact) mass is 517 g/mol. The second kappa shape index (κ2) is 9.77. The number of nitro groups is 1. The Morgan fingerprint density at radius 3 is 2.16 bits per heavy atom. The minimum atomic E-state index is -4.81. The number of alkyl halides is 3. The van der Waals surface area contributed by atoms with Gasteiger partial charge in [-0.15, -0.1) is 0 Å². The van der Waals surface area contributed by atoms with Gasteiger partial charge in [0.2, 0.25) is 0 Å². The number of amides is 1. The highest BCUT2D eigenvalue weighted by molar-refractivity contribution is 6.05. The van der Waals surface area contributed by atoms with Crippen LogP contribution in [-0.2, 0) is 12.7 Å². The molecular weight excluding hydrogens is 499 g/mol. The third-order valence-electron chi connectivity index (χ3n) is 5.81. The maximum Gasteiger partial charge on any atom is 0.433 e. The van der Waals surface area contributed by atoms with Gasteiger partial charge < -0.3 is 4.90 Å². The maximum atomic E-state index is 14.0. The van der Waals surface area contributed by atoms with Crippen LogP contribution < -0.4 is 4.90 Å². The molecule has 1 amide bonds. The molecule has 2 heterocycles. The molecule has 0 atom stereocenters. The number of nitro benzene ring substituents is 1. The molecule has 11 heteroatoms. The van der Waals surface area contributed by atoms with E-state index in [0.29, 0.717) is 10.2 Å². The minimum absolute atomic E-state index is 0.0668. The molecule has 38 heavy (non-hydrogen) atoms. The lowest BCUT2D eigenvalue weighted by atomic mass is 10.1. The number of aromatic nitrogens is 3. The first-order valence-corrected chi connectivity index (χ1v) is 11.3. The molecule has 3 aromatic carbocycles. The lowest BCUT2D eigenvalue weighted by Crippen LogP contribution is -2.30. The van der Waals surface area contributed by atoms with Crippen LogP contribution in [-0.4, -0.2) is 25.4 Å². The van der Waals surface area contributed by atoms with Gasteiger partial charge in [-0.2, -0.15) is 18.3 Å². The van der Waals surface area contributed by atoms with Crippen molar-refractivity contribution < 1.29 is 22.9 Å². The highest BCUT2D eigenvalue weighted by Crippen LogP contribution is 2.33. The molecule has 0 aliphatic rings. The Morgan fingerprint density at radius 2 is 1.55 bits per heavy atom. The molecule has 5 aromatic rings. The predicted molar refractivity (Wildman–Crippen MR) is 133 cm³/mol. The molecule has 0 saturated heterocycles. The summed E-state index contributed by atoms with van der Waals surface area (Å²) < 4.78 is 42.7. The second-order valence-corrected chi connectivity index (χ2v) is 8.34. The van der Waals surface area contributed by atoms with Crippen molar-refractivity contribution in [1.29, 1.82) is 0 Å². The van der Waals surface area contributed by atoms with Crippen molar-refractivity contribution in [3.05, 3.63) is 124 Å². The summed E-state index contributed by atoms with van der Waals surface area (Å²) in [5.74, 6) is -0.601. The molecule has 5 rings (SSSR count). The zero-order valence-corrected chi connectivity index (χ0v) is 19.5. The molecule has 0 saturated carbocycles. The fraction of sp³-hybridized carbons (Fsp3) is 0.0741. The Bertz CT molecular complexity index is 1620. The number of anilines is 1. The predicted octanol–water partition coefficient (Wildman–Crippen LogP) is 6.17. The molecule has 0 N–H and O–H groups in total. The smallest absolute Gasteiger partial charge is 0.303 e. The van der Waals surface area contributed by atoms with Gasteiger partial charge in [0.15, 0.2) is 17.0 Å². The first kappa shape index (κ1) is 24.6. The summed E-state index contributed by atoms with van der Waals surface area (Å²) in [4.78, 5) is 29.7. The van der Waals surface area contributed by atoms with E-state index < -0.39 is 22.7 Å². The van der Waals surface area contributed by atoms with Gasteiger partial charge in [0.1, 0.15) is 0 Å². The molecule has 0 fully saturated rings. The van der Waals surface area contributed by atoms with Crippen LogP contribution in [0.5, 0.6) is 0 Å². The van der Waals surface area contributed by atoms with Crippen LogP contribution in [0.4, 0.5) is 24.5 Å². The number of carbonyl (C=O) groups is 1. The maximum absolute atomic E-state index is 14.0. The second-order valence-electron chi connectivity index (χ2n) is 8.34. The van der Waals surface area contributed by atoms with E-state index in [-0.39, 0.29) is 34.8 Å². The number of hydrogen-bond acceptors (Lipinski definition) is 5. The average molecular weight is 517 g/mol. The molecule has 0 aliphatic heterocycles. The number of fused-ring (bicyclic) bond motifs is 1. The summed E-state index contributed by atoms with van der Waals surface area (Å²) in [6, 6.07) is 24.9. The molecule has 2 aromatic heterocycles. The Kier molecular flexibility index (Phi) is 6.33. The van der Waals surface area contributed by atoms with Gasteiger partial charge in [-0.1, -0.05) is 48.5 Å². The van der Waals surface area contributed by atoms with Crippen LogP contribution in [0.1, 0.15) is 21.7 Å². The van der Waals surface area contributed by atoms with E-state index >= 15 is 0 Å². The van der Waals surface area contributed by atoms with Crippen molar-refractivity contribution in [2.24, 2.45) is 0 Å². The van der Waals surface area contributed by atoms with Crippen molar-refractivity contribution in [3.63, 3.8) is 0 Å². The summed E-state index contributed by atoms with van der Waals surface area (Å²) in [6.07, 6.45) is -4.81. The van der Waals surface area contributed by atoms with Gasteiger partial charge >= 0.3 is 6.18 Å². The first-order valence-electron chi connectivity index (χ1n) is 11.3. The number of benzene rings is 3. The summed E-state index contributed by atoms with van der Waals surface area (Å²) in [6.45, 7) is 0.172. The summed E-state index contributed by atoms with van der Waals surface area (Å²) >= 11 is 0. The Morgan fingerprint density at radius 1 is 0.921 bits per heavy atom. The van der Waals surface area contributed by atoms with E-state index in [0.717, 1.165) is 11.6 Å². The molecule has 0 unspecified atom stereocenters. The highest BCUT2D eigenvalue weighted by atomic mass is 19.4. The third kappa shape index (κ3) is 4.94. The number of rotatable bonds is 6. The Labute approximate surface area is 213 Å². The van der Waals surface area contributed by atoms with Gasteiger partial charge in [0.25, 0.3) is 11.6 Å². The van der Waals surface area contributed by atoms with Gasteiger partial charge in [-0.3, -0.25) is 14.9 Å². The molecule has 0 radical (unpaired) electrons. The topological polar surface area (TPSA) is 93.6 Å². The van der Waals surface area contributed by atoms with E-state index in [4.69, 9.17) is 0 Å². The van der Waals surface area contributed by atoms with E-state index in [1.54, 1.807) is 30.3 Å². The summed E-state index contributed by atoms with van der Waals surface area (Å²) in [7, 11) is 0. The van der Waals surface area contributed by atoms with E-state index in [1.165, 1.54) is 35.2 Å². The highest BCUT2D eigenvalue weighted by Gasteiger charge is 2.36. The number of nitrogens with zero attached hydrogens (tertiary/aromatic N) is 5. The van der Waals surface area contributed by atoms with Gasteiger partial charge in [-0.05, 0) is 35.9 Å². The van der Waals surface area contributed by atoms with Gasteiger partial charge in [-0.25, -0.2) is 9.50 Å². The standard InChI is InChI=1S/C27H18F3N5O3/c28-27(29,30)24-15-22(19-11-13-21(14-12-19)35(37)38)31-25-16-23(32-34(24)25)26(36)33(20-9-5-2-6-10-20)17-18-7-3-1-4-8-18/h1-16H,17H2. The number of carbonyl (C=O) groups excluding carboxylic acids is 1. The molecule has 190 valence electrons.